The van der Waals surface area contributed by atoms with Gasteiger partial charge in [0.25, 0.3) is 5.91 Å². The number of carbonyl (C=O) groups excluding carboxylic acids is 1. The number of benzene rings is 1. The van der Waals surface area contributed by atoms with E-state index in [4.69, 9.17) is 4.74 Å². The Kier molecular flexibility index (Phi) is 10.9. The summed E-state index contributed by atoms with van der Waals surface area (Å²) >= 11 is 0. The molecule has 0 bridgehead atoms. The van der Waals surface area contributed by atoms with Gasteiger partial charge in [-0.1, -0.05) is 12.1 Å². The van der Waals surface area contributed by atoms with Gasteiger partial charge in [-0.15, -0.1) is 24.0 Å². The molecule has 0 radical (unpaired) electrons. The normalized spacial score (nSPS) is 11.8. The molecule has 0 fully saturated rings. The monoisotopic (exact) mass is 497 g/mol. The van der Waals surface area contributed by atoms with Gasteiger partial charge in [-0.05, 0) is 43.7 Å². The quantitative estimate of drug-likeness (QED) is 0.226. The number of hydrogen-bond donors (Lipinski definition) is 3. The summed E-state index contributed by atoms with van der Waals surface area (Å²) in [6, 6.07) is 11.4. The number of amides is 1. The van der Waals surface area contributed by atoms with Crippen LogP contribution < -0.4 is 20.7 Å². The number of aryl methyl sites for hydroxylation is 1. The molecule has 0 aliphatic rings. The van der Waals surface area contributed by atoms with Crippen molar-refractivity contribution in [3.8, 4) is 5.75 Å². The van der Waals surface area contributed by atoms with Crippen molar-refractivity contribution in [1.82, 2.24) is 20.9 Å². The Balaban J connectivity index is 0.00000392. The Morgan fingerprint density at radius 1 is 1.18 bits per heavy atom. The second-order valence-corrected chi connectivity index (χ2v) is 6.12. The molecule has 1 heterocycles. The Hall–Kier alpha value is -2.36. The number of guanidine groups is 1. The highest BCUT2D eigenvalue weighted by Crippen LogP contribution is 2.13. The lowest BCUT2D eigenvalue weighted by Crippen LogP contribution is -2.44. The molecule has 0 spiro atoms. The number of aromatic nitrogens is 1. The zero-order valence-corrected chi connectivity index (χ0v) is 18.8. The predicted molar refractivity (Wildman–Crippen MR) is 123 cm³/mol. The van der Waals surface area contributed by atoms with Crippen molar-refractivity contribution in [3.05, 3.63) is 59.9 Å². The van der Waals surface area contributed by atoms with E-state index >= 15 is 0 Å². The van der Waals surface area contributed by atoms with Crippen LogP contribution in [0.4, 0.5) is 0 Å². The molecule has 2 aromatic rings. The van der Waals surface area contributed by atoms with E-state index in [0.29, 0.717) is 31.2 Å². The van der Waals surface area contributed by atoms with E-state index in [9.17, 15) is 4.79 Å². The first-order valence-corrected chi connectivity index (χ1v) is 8.94. The number of aliphatic imine (C=N–C) groups is 1. The highest BCUT2D eigenvalue weighted by molar-refractivity contribution is 14.0. The maximum absolute atomic E-state index is 11.9. The Bertz CT molecular complexity index is 755. The summed E-state index contributed by atoms with van der Waals surface area (Å²) in [5.41, 5.74) is 1.71. The minimum atomic E-state index is -0.145. The topological polar surface area (TPSA) is 87.6 Å². The molecule has 2 rings (SSSR count). The molecule has 1 unspecified atom stereocenters. The van der Waals surface area contributed by atoms with Gasteiger partial charge in [0, 0.05) is 32.5 Å². The smallest absolute Gasteiger partial charge is 0.252 e. The predicted octanol–water partition coefficient (Wildman–Crippen LogP) is 2.37. The largest absolute Gasteiger partial charge is 0.489 e. The number of hydrogen-bond acceptors (Lipinski definition) is 4. The first-order chi connectivity index (χ1) is 13.1. The molecule has 152 valence electrons. The number of nitrogens with zero attached hydrogens (tertiary/aromatic N) is 2. The molecule has 1 amide bonds. The van der Waals surface area contributed by atoms with Crippen LogP contribution in [-0.4, -0.2) is 49.6 Å². The van der Waals surface area contributed by atoms with Crippen molar-refractivity contribution < 1.29 is 9.53 Å². The number of halogens is 1. The third-order valence-corrected chi connectivity index (χ3v) is 3.73. The van der Waals surface area contributed by atoms with Crippen LogP contribution >= 0.6 is 24.0 Å². The molecule has 8 heteroatoms. The zero-order valence-electron chi connectivity index (χ0n) is 16.4. The van der Waals surface area contributed by atoms with Crippen LogP contribution in [0.5, 0.6) is 5.75 Å². The van der Waals surface area contributed by atoms with Crippen LogP contribution in [0.25, 0.3) is 0 Å². The summed E-state index contributed by atoms with van der Waals surface area (Å²) in [5, 5.41) is 9.20. The fraction of sp³-hybridized carbons (Fsp3) is 0.350. The summed E-state index contributed by atoms with van der Waals surface area (Å²) in [6.45, 7) is 5.67. The number of carbonyl (C=O) groups is 1. The van der Waals surface area contributed by atoms with E-state index in [1.807, 2.05) is 38.1 Å². The van der Waals surface area contributed by atoms with Gasteiger partial charge >= 0.3 is 0 Å². The fourth-order valence-electron chi connectivity index (χ4n) is 2.38. The summed E-state index contributed by atoms with van der Waals surface area (Å²) in [5.74, 6) is 1.36. The van der Waals surface area contributed by atoms with E-state index in [0.717, 1.165) is 5.75 Å². The van der Waals surface area contributed by atoms with E-state index in [2.05, 4.69) is 25.9 Å². The van der Waals surface area contributed by atoms with Crippen molar-refractivity contribution in [2.24, 2.45) is 4.99 Å². The van der Waals surface area contributed by atoms with E-state index in [1.54, 1.807) is 31.6 Å². The number of nitrogens with one attached hydrogen (secondary N) is 3. The average Bonchev–Trinajstić information content (AvgIpc) is 2.68. The minimum Gasteiger partial charge on any atom is -0.489 e. The van der Waals surface area contributed by atoms with Crippen molar-refractivity contribution in [2.75, 3.05) is 26.7 Å². The van der Waals surface area contributed by atoms with Crippen LogP contribution in [0, 0.1) is 6.92 Å². The Morgan fingerprint density at radius 2 is 1.96 bits per heavy atom. The molecule has 0 aliphatic carbocycles. The first kappa shape index (κ1) is 23.7. The lowest BCUT2D eigenvalue weighted by atomic mass is 10.2. The van der Waals surface area contributed by atoms with Crippen molar-refractivity contribution >= 4 is 35.8 Å². The number of ether oxygens (including phenoxy) is 1. The first-order valence-electron chi connectivity index (χ1n) is 8.94. The summed E-state index contributed by atoms with van der Waals surface area (Å²) in [4.78, 5) is 20.0. The molecular formula is C20H28IN5O2. The highest BCUT2D eigenvalue weighted by atomic mass is 127. The lowest BCUT2D eigenvalue weighted by Gasteiger charge is -2.18. The standard InChI is InChI=1S/C20H27N5O2.HI/c1-15-6-4-8-18(12-15)27-16(2)13-25-20(21-3)24-11-10-23-19(26)17-7-5-9-22-14-17;/h4-9,12,14,16H,10-11,13H2,1-3H3,(H,23,26)(H2,21,24,25);1H. The number of rotatable bonds is 8. The highest BCUT2D eigenvalue weighted by Gasteiger charge is 2.07. The molecule has 3 N–H and O–H groups in total. The van der Waals surface area contributed by atoms with Gasteiger partial charge in [-0.2, -0.15) is 0 Å². The average molecular weight is 497 g/mol. The van der Waals surface area contributed by atoms with Gasteiger partial charge in [0.2, 0.25) is 0 Å². The molecule has 1 atom stereocenters. The molecule has 1 aromatic carbocycles. The van der Waals surface area contributed by atoms with Crippen molar-refractivity contribution in [3.63, 3.8) is 0 Å². The molecule has 7 nitrogen and oxygen atoms in total. The maximum Gasteiger partial charge on any atom is 0.252 e. The fourth-order valence-corrected chi connectivity index (χ4v) is 2.38. The van der Waals surface area contributed by atoms with Gasteiger partial charge in [0.1, 0.15) is 11.9 Å². The van der Waals surface area contributed by atoms with E-state index in [-0.39, 0.29) is 36.0 Å². The molecule has 0 saturated heterocycles. The molecule has 0 saturated carbocycles. The summed E-state index contributed by atoms with van der Waals surface area (Å²) in [6.07, 6.45) is 3.16. The van der Waals surface area contributed by atoms with Gasteiger partial charge in [0.15, 0.2) is 5.96 Å². The maximum atomic E-state index is 11.9. The van der Waals surface area contributed by atoms with Crippen molar-refractivity contribution in [1.29, 1.82) is 0 Å². The van der Waals surface area contributed by atoms with E-state index < -0.39 is 0 Å². The summed E-state index contributed by atoms with van der Waals surface area (Å²) < 4.78 is 5.89. The molecule has 1 aromatic heterocycles. The molecule has 0 aliphatic heterocycles. The van der Waals surface area contributed by atoms with Crippen LogP contribution in [0.1, 0.15) is 22.8 Å². The van der Waals surface area contributed by atoms with Crippen LogP contribution in [0.15, 0.2) is 53.8 Å². The second-order valence-electron chi connectivity index (χ2n) is 6.12. The van der Waals surface area contributed by atoms with Gasteiger partial charge in [-0.3, -0.25) is 14.8 Å². The van der Waals surface area contributed by atoms with Gasteiger partial charge < -0.3 is 20.7 Å². The van der Waals surface area contributed by atoms with E-state index in [1.165, 1.54) is 5.56 Å². The number of pyridine rings is 1. The van der Waals surface area contributed by atoms with Crippen LogP contribution in [0.2, 0.25) is 0 Å². The van der Waals surface area contributed by atoms with Crippen molar-refractivity contribution in [2.45, 2.75) is 20.0 Å². The third kappa shape index (κ3) is 8.55. The SMILES string of the molecule is CN=C(NCCNC(=O)c1cccnc1)NCC(C)Oc1cccc(C)c1.I. The summed E-state index contributed by atoms with van der Waals surface area (Å²) in [7, 11) is 1.70. The lowest BCUT2D eigenvalue weighted by molar-refractivity contribution is 0.0954. The second kappa shape index (κ2) is 12.9. The molecular weight excluding hydrogens is 469 g/mol. The Morgan fingerprint density at radius 3 is 2.64 bits per heavy atom. The van der Waals surface area contributed by atoms with Gasteiger partial charge in [0.05, 0.1) is 12.1 Å². The zero-order chi connectivity index (χ0) is 19.5. The minimum absolute atomic E-state index is 0. The third-order valence-electron chi connectivity index (χ3n) is 3.73. The Labute approximate surface area is 183 Å². The van der Waals surface area contributed by atoms with Crippen LogP contribution in [0.3, 0.4) is 0 Å². The van der Waals surface area contributed by atoms with Crippen LogP contribution in [-0.2, 0) is 0 Å². The molecule has 28 heavy (non-hydrogen) atoms. The van der Waals surface area contributed by atoms with Gasteiger partial charge in [-0.25, -0.2) is 0 Å².